The van der Waals surface area contributed by atoms with Crippen molar-refractivity contribution in [2.75, 3.05) is 18.5 Å². The third-order valence-electron chi connectivity index (χ3n) is 4.81. The first kappa shape index (κ1) is 25.6. The zero-order chi connectivity index (χ0) is 24.4. The average molecular weight is 454 g/mol. The molecule has 0 aliphatic rings. The van der Waals surface area contributed by atoms with Crippen molar-refractivity contribution in [3.63, 3.8) is 0 Å². The van der Waals surface area contributed by atoms with Gasteiger partial charge in [0.2, 0.25) is 11.8 Å². The van der Waals surface area contributed by atoms with Crippen LogP contribution in [0.15, 0.2) is 54.6 Å². The molecule has 1 unspecified atom stereocenters. The number of hydrogen-bond donors (Lipinski definition) is 2. The Balaban J connectivity index is 2.27. The van der Waals surface area contributed by atoms with Gasteiger partial charge in [-0.2, -0.15) is 0 Å². The summed E-state index contributed by atoms with van der Waals surface area (Å²) < 4.78 is 5.05. The zero-order valence-electron chi connectivity index (χ0n) is 19.5. The molecule has 1 atom stereocenters. The van der Waals surface area contributed by atoms with Crippen LogP contribution in [-0.4, -0.2) is 47.8 Å². The summed E-state index contributed by atoms with van der Waals surface area (Å²) in [4.78, 5) is 51.2. The molecule has 0 saturated carbocycles. The Morgan fingerprint density at radius 1 is 1.00 bits per heavy atom. The van der Waals surface area contributed by atoms with Crippen molar-refractivity contribution in [2.24, 2.45) is 5.92 Å². The van der Waals surface area contributed by atoms with Gasteiger partial charge in [0.15, 0.2) is 0 Å². The van der Waals surface area contributed by atoms with Gasteiger partial charge >= 0.3 is 5.97 Å². The van der Waals surface area contributed by atoms with Gasteiger partial charge in [-0.25, -0.2) is 0 Å². The molecule has 3 amide bonds. The molecule has 2 aromatic carbocycles. The summed E-state index contributed by atoms with van der Waals surface area (Å²) in [5.74, 6) is -1.74. The number of carbonyl (C=O) groups is 4. The Labute approximate surface area is 194 Å². The number of hydrogen-bond acceptors (Lipinski definition) is 5. The van der Waals surface area contributed by atoms with Crippen LogP contribution in [0.3, 0.4) is 0 Å². The molecule has 0 aromatic heterocycles. The van der Waals surface area contributed by atoms with Gasteiger partial charge in [-0.1, -0.05) is 44.2 Å². The Hall–Kier alpha value is -3.68. The van der Waals surface area contributed by atoms with Gasteiger partial charge in [-0.15, -0.1) is 0 Å². The summed E-state index contributed by atoms with van der Waals surface area (Å²) in [7, 11) is 0. The quantitative estimate of drug-likeness (QED) is 0.538. The lowest BCUT2D eigenvalue weighted by molar-refractivity contribution is -0.150. The SMILES string of the molecule is CCOC(=O)CN(Cc1cccc(NC(C)=O)c1)C(=O)C(NC(=O)c1ccccc1)C(C)C. The van der Waals surface area contributed by atoms with Crippen LogP contribution in [0, 0.1) is 5.92 Å². The minimum Gasteiger partial charge on any atom is -0.465 e. The van der Waals surface area contributed by atoms with Crippen molar-refractivity contribution in [1.82, 2.24) is 10.2 Å². The predicted octanol–water partition coefficient (Wildman–Crippen LogP) is 2.99. The summed E-state index contributed by atoms with van der Waals surface area (Å²) in [5, 5.41) is 5.51. The molecule has 0 spiro atoms. The summed E-state index contributed by atoms with van der Waals surface area (Å²) >= 11 is 0. The lowest BCUT2D eigenvalue weighted by Crippen LogP contribution is -2.52. The molecular weight excluding hydrogens is 422 g/mol. The number of carbonyl (C=O) groups excluding carboxylic acids is 4. The molecular formula is C25H31N3O5. The van der Waals surface area contributed by atoms with E-state index in [0.717, 1.165) is 5.56 Å². The number of ether oxygens (including phenoxy) is 1. The molecule has 2 N–H and O–H groups in total. The van der Waals surface area contributed by atoms with Gasteiger partial charge < -0.3 is 20.3 Å². The predicted molar refractivity (Wildman–Crippen MR) is 125 cm³/mol. The molecule has 0 saturated heterocycles. The second-order valence-corrected chi connectivity index (χ2v) is 7.94. The van der Waals surface area contributed by atoms with Crippen molar-refractivity contribution in [3.05, 3.63) is 65.7 Å². The molecule has 8 nitrogen and oxygen atoms in total. The van der Waals surface area contributed by atoms with Crippen molar-refractivity contribution < 1.29 is 23.9 Å². The molecule has 8 heteroatoms. The summed E-state index contributed by atoms with van der Waals surface area (Å²) in [6, 6.07) is 14.8. The minimum atomic E-state index is -0.842. The van der Waals surface area contributed by atoms with Gasteiger partial charge in [0.25, 0.3) is 5.91 Å². The van der Waals surface area contributed by atoms with Gasteiger partial charge in [0.05, 0.1) is 6.61 Å². The van der Waals surface area contributed by atoms with Crippen LogP contribution in [0.1, 0.15) is 43.6 Å². The second-order valence-electron chi connectivity index (χ2n) is 7.94. The van der Waals surface area contributed by atoms with Crippen LogP contribution in [0.25, 0.3) is 0 Å². The highest BCUT2D eigenvalue weighted by Crippen LogP contribution is 2.16. The number of rotatable bonds is 10. The van der Waals surface area contributed by atoms with E-state index in [4.69, 9.17) is 4.74 Å². The fourth-order valence-corrected chi connectivity index (χ4v) is 3.27. The third kappa shape index (κ3) is 8.07. The number of amides is 3. The monoisotopic (exact) mass is 453 g/mol. The van der Waals surface area contributed by atoms with Crippen LogP contribution in [-0.2, 0) is 25.7 Å². The molecule has 0 aliphatic heterocycles. The Morgan fingerprint density at radius 2 is 1.70 bits per heavy atom. The van der Waals surface area contributed by atoms with Crippen LogP contribution >= 0.6 is 0 Å². The zero-order valence-corrected chi connectivity index (χ0v) is 19.5. The van der Waals surface area contributed by atoms with E-state index in [-0.39, 0.29) is 37.4 Å². The van der Waals surface area contributed by atoms with E-state index in [9.17, 15) is 19.2 Å². The molecule has 176 valence electrons. The lowest BCUT2D eigenvalue weighted by Gasteiger charge is -2.29. The van der Waals surface area contributed by atoms with Crippen LogP contribution in [0.2, 0.25) is 0 Å². The Kier molecular flexibility index (Phi) is 9.60. The first-order chi connectivity index (χ1) is 15.7. The second kappa shape index (κ2) is 12.4. The highest BCUT2D eigenvalue weighted by molar-refractivity contribution is 5.98. The van der Waals surface area contributed by atoms with Crippen molar-refractivity contribution in [2.45, 2.75) is 40.3 Å². The van der Waals surface area contributed by atoms with Crippen LogP contribution in [0.5, 0.6) is 0 Å². The first-order valence-corrected chi connectivity index (χ1v) is 10.9. The fourth-order valence-electron chi connectivity index (χ4n) is 3.27. The molecule has 0 aliphatic carbocycles. The third-order valence-corrected chi connectivity index (χ3v) is 4.81. The highest BCUT2D eigenvalue weighted by Gasteiger charge is 2.30. The number of benzene rings is 2. The fraction of sp³-hybridized carbons (Fsp3) is 0.360. The molecule has 2 aromatic rings. The largest absolute Gasteiger partial charge is 0.465 e. The van der Waals surface area contributed by atoms with E-state index >= 15 is 0 Å². The van der Waals surface area contributed by atoms with E-state index in [1.165, 1.54) is 11.8 Å². The van der Waals surface area contributed by atoms with E-state index in [1.54, 1.807) is 61.5 Å². The first-order valence-electron chi connectivity index (χ1n) is 10.9. The topological polar surface area (TPSA) is 105 Å². The summed E-state index contributed by atoms with van der Waals surface area (Å²) in [6.45, 7) is 6.79. The standard InChI is InChI=1S/C25H31N3O5/c1-5-33-22(30)16-28(15-19-10-9-13-21(14-19)26-18(4)29)25(32)23(17(2)3)27-24(31)20-11-7-6-8-12-20/h6-14,17,23H,5,15-16H2,1-4H3,(H,26,29)(H,27,31). The van der Waals surface area contributed by atoms with Gasteiger partial charge in [-0.05, 0) is 42.7 Å². The van der Waals surface area contributed by atoms with E-state index in [0.29, 0.717) is 11.3 Å². The lowest BCUT2D eigenvalue weighted by atomic mass is 10.0. The molecule has 0 radical (unpaired) electrons. The highest BCUT2D eigenvalue weighted by atomic mass is 16.5. The van der Waals surface area contributed by atoms with Crippen LogP contribution in [0.4, 0.5) is 5.69 Å². The number of esters is 1. The molecule has 33 heavy (non-hydrogen) atoms. The Bertz CT molecular complexity index is 975. The van der Waals surface area contributed by atoms with E-state index in [2.05, 4.69) is 10.6 Å². The summed E-state index contributed by atoms with van der Waals surface area (Å²) in [5.41, 5.74) is 1.74. The normalized spacial score (nSPS) is 11.4. The van der Waals surface area contributed by atoms with Crippen molar-refractivity contribution in [3.8, 4) is 0 Å². The van der Waals surface area contributed by atoms with Gasteiger partial charge in [-0.3, -0.25) is 19.2 Å². The number of anilines is 1. The molecule has 0 bridgehead atoms. The molecule has 2 rings (SSSR count). The molecule has 0 fully saturated rings. The minimum absolute atomic E-state index is 0.107. The number of nitrogens with zero attached hydrogens (tertiary/aromatic N) is 1. The maximum atomic E-state index is 13.5. The maximum Gasteiger partial charge on any atom is 0.325 e. The van der Waals surface area contributed by atoms with Gasteiger partial charge in [0, 0.05) is 24.7 Å². The average Bonchev–Trinajstić information content (AvgIpc) is 2.76. The van der Waals surface area contributed by atoms with Crippen molar-refractivity contribution >= 4 is 29.4 Å². The Morgan fingerprint density at radius 3 is 2.30 bits per heavy atom. The maximum absolute atomic E-state index is 13.5. The molecule has 0 heterocycles. The van der Waals surface area contributed by atoms with E-state index in [1.807, 2.05) is 13.8 Å². The van der Waals surface area contributed by atoms with Gasteiger partial charge in [0.1, 0.15) is 12.6 Å². The van der Waals surface area contributed by atoms with Crippen molar-refractivity contribution in [1.29, 1.82) is 0 Å². The van der Waals surface area contributed by atoms with Crippen LogP contribution < -0.4 is 10.6 Å². The number of nitrogens with one attached hydrogen (secondary N) is 2. The smallest absolute Gasteiger partial charge is 0.325 e. The summed E-state index contributed by atoms with van der Waals surface area (Å²) in [6.07, 6.45) is 0. The van der Waals surface area contributed by atoms with E-state index < -0.39 is 17.9 Å².